The number of furan rings is 1. The molecule has 2 saturated heterocycles. The lowest BCUT2D eigenvalue weighted by atomic mass is 10.0. The number of nitrogens with zero attached hydrogens (tertiary/aromatic N) is 3. The molecule has 0 bridgehead atoms. The van der Waals surface area contributed by atoms with Crippen LogP contribution in [0.1, 0.15) is 22.2 Å². The summed E-state index contributed by atoms with van der Waals surface area (Å²) in [4.78, 5) is 27.2. The van der Waals surface area contributed by atoms with Crippen LogP contribution in [0.2, 0.25) is 0 Å². The first-order valence-electron chi connectivity index (χ1n) is 11.7. The number of aliphatic carboxylic acids is 2. The highest BCUT2D eigenvalue weighted by atomic mass is 32.1. The number of ether oxygens (including phenoxy) is 2. The van der Waals surface area contributed by atoms with E-state index in [1.807, 2.05) is 13.0 Å². The average molecular weight is 606 g/mol. The number of carboxylic acids is 2. The Morgan fingerprint density at radius 1 is 0.975 bits per heavy atom. The van der Waals surface area contributed by atoms with E-state index in [0.29, 0.717) is 6.61 Å². The van der Waals surface area contributed by atoms with Gasteiger partial charge in [-0.2, -0.15) is 26.3 Å². The van der Waals surface area contributed by atoms with Gasteiger partial charge in [-0.3, -0.25) is 9.80 Å². The van der Waals surface area contributed by atoms with Gasteiger partial charge in [0.05, 0.1) is 37.1 Å². The third-order valence-corrected chi connectivity index (χ3v) is 6.29. The van der Waals surface area contributed by atoms with E-state index >= 15 is 0 Å². The predicted molar refractivity (Wildman–Crippen MR) is 128 cm³/mol. The smallest absolute Gasteiger partial charge is 0.475 e. The number of carboxylic acid groups (broad SMARTS) is 2. The van der Waals surface area contributed by atoms with Crippen LogP contribution in [0, 0.1) is 13.8 Å². The van der Waals surface area contributed by atoms with Gasteiger partial charge in [-0.05, 0) is 26.0 Å². The topological polar surface area (TPSA) is 126 Å². The summed E-state index contributed by atoms with van der Waals surface area (Å²) in [6.07, 6.45) is -10.2. The maximum atomic E-state index is 10.6. The molecule has 1 atom stereocenters. The number of carbonyl (C=O) groups is 2. The highest BCUT2D eigenvalue weighted by Gasteiger charge is 2.41. The Morgan fingerprint density at radius 2 is 1.52 bits per heavy atom. The Bertz CT molecular complexity index is 1080. The average Bonchev–Trinajstić information content (AvgIpc) is 3.37. The molecule has 0 saturated carbocycles. The van der Waals surface area contributed by atoms with Gasteiger partial charge in [-0.1, -0.05) is 0 Å². The van der Waals surface area contributed by atoms with Gasteiger partial charge in [-0.25, -0.2) is 14.6 Å². The number of halogens is 6. The number of rotatable bonds is 4. The van der Waals surface area contributed by atoms with E-state index < -0.39 is 24.3 Å². The molecule has 226 valence electrons. The zero-order chi connectivity index (χ0) is 30.1. The predicted octanol–water partition coefficient (Wildman–Crippen LogP) is 3.72. The molecule has 0 aromatic carbocycles. The standard InChI is InChI=1S/C19H27N3O3S.2C2HF3O2/c1-15-3-4-18(25-15)10-22-6-8-24-19(13-22)12-21(5-7-23-14-19)9-17-11-26-16(2)20-17;2*3-2(4,5)1(6)7/h3-4,11H,5-10,12-14H2,1-2H3;2*(H,6,7). The minimum atomic E-state index is -5.08. The van der Waals surface area contributed by atoms with Crippen LogP contribution in [0.25, 0.3) is 0 Å². The van der Waals surface area contributed by atoms with Crippen LogP contribution < -0.4 is 0 Å². The molecular weight excluding hydrogens is 576 g/mol. The Hall–Kier alpha value is -2.73. The van der Waals surface area contributed by atoms with Gasteiger partial charge in [0.2, 0.25) is 0 Å². The summed E-state index contributed by atoms with van der Waals surface area (Å²) in [5, 5.41) is 17.5. The third-order valence-electron chi connectivity index (χ3n) is 5.47. The lowest BCUT2D eigenvalue weighted by Gasteiger charge is -2.43. The van der Waals surface area contributed by atoms with Gasteiger partial charge >= 0.3 is 24.3 Å². The summed E-state index contributed by atoms with van der Waals surface area (Å²) in [5.74, 6) is -3.53. The molecule has 17 heteroatoms. The van der Waals surface area contributed by atoms with Crippen molar-refractivity contribution in [2.24, 2.45) is 0 Å². The molecule has 1 unspecified atom stereocenters. The van der Waals surface area contributed by atoms with Gasteiger partial charge in [0.15, 0.2) is 0 Å². The molecule has 1 spiro atoms. The number of hydrogen-bond acceptors (Lipinski definition) is 9. The minimum Gasteiger partial charge on any atom is -0.475 e. The van der Waals surface area contributed by atoms with E-state index in [-0.39, 0.29) is 5.60 Å². The molecule has 0 aliphatic carbocycles. The molecule has 4 heterocycles. The van der Waals surface area contributed by atoms with E-state index in [1.54, 1.807) is 11.3 Å². The minimum absolute atomic E-state index is 0.276. The summed E-state index contributed by atoms with van der Waals surface area (Å²) < 4.78 is 81.4. The second-order valence-corrected chi connectivity index (χ2v) is 10.0. The van der Waals surface area contributed by atoms with E-state index in [0.717, 1.165) is 74.7 Å². The lowest BCUT2D eigenvalue weighted by molar-refractivity contribution is -0.193. The third kappa shape index (κ3) is 11.4. The zero-order valence-corrected chi connectivity index (χ0v) is 22.4. The van der Waals surface area contributed by atoms with Crippen molar-refractivity contribution in [3.05, 3.63) is 39.7 Å². The van der Waals surface area contributed by atoms with Crippen molar-refractivity contribution in [2.45, 2.75) is 44.9 Å². The first-order chi connectivity index (χ1) is 18.5. The van der Waals surface area contributed by atoms with Crippen LogP contribution in [0.4, 0.5) is 26.3 Å². The Morgan fingerprint density at radius 3 is 2.00 bits per heavy atom. The number of hydrogen-bond donors (Lipinski definition) is 2. The van der Waals surface area contributed by atoms with Crippen molar-refractivity contribution in [2.75, 3.05) is 46.0 Å². The summed E-state index contributed by atoms with van der Waals surface area (Å²) in [6, 6.07) is 4.09. The van der Waals surface area contributed by atoms with Gasteiger partial charge in [0.1, 0.15) is 17.1 Å². The molecule has 2 aromatic rings. The second kappa shape index (κ2) is 14.2. The molecule has 2 aromatic heterocycles. The number of morpholine rings is 1. The van der Waals surface area contributed by atoms with Gasteiger partial charge < -0.3 is 24.1 Å². The molecular formula is C23H29F6N3O7S. The fourth-order valence-corrected chi connectivity index (χ4v) is 4.46. The monoisotopic (exact) mass is 605 g/mol. The van der Waals surface area contributed by atoms with Gasteiger partial charge in [-0.15, -0.1) is 11.3 Å². The van der Waals surface area contributed by atoms with Crippen LogP contribution in [0.3, 0.4) is 0 Å². The SMILES string of the molecule is Cc1ccc(CN2CCOC3(COCCN(Cc4csc(C)n4)C3)C2)o1.O=C(O)C(F)(F)F.O=C(O)C(F)(F)F. The molecule has 40 heavy (non-hydrogen) atoms. The van der Waals surface area contributed by atoms with Crippen LogP contribution in [-0.2, 0) is 32.2 Å². The first-order valence-corrected chi connectivity index (χ1v) is 12.6. The quantitative estimate of drug-likeness (QED) is 0.498. The largest absolute Gasteiger partial charge is 0.490 e. The van der Waals surface area contributed by atoms with Crippen molar-refractivity contribution in [1.29, 1.82) is 0 Å². The Kier molecular flexibility index (Phi) is 11.9. The first kappa shape index (κ1) is 33.5. The maximum Gasteiger partial charge on any atom is 0.490 e. The summed E-state index contributed by atoms with van der Waals surface area (Å²) >= 11 is 1.71. The lowest BCUT2D eigenvalue weighted by Crippen LogP contribution is -2.58. The number of aromatic nitrogens is 1. The molecule has 2 aliphatic rings. The van der Waals surface area contributed by atoms with Crippen LogP contribution in [-0.4, -0.2) is 101 Å². The highest BCUT2D eigenvalue weighted by molar-refractivity contribution is 7.09. The van der Waals surface area contributed by atoms with Gasteiger partial charge in [0.25, 0.3) is 0 Å². The van der Waals surface area contributed by atoms with E-state index in [1.165, 1.54) is 0 Å². The number of aryl methyl sites for hydroxylation is 2. The molecule has 0 radical (unpaired) electrons. The maximum absolute atomic E-state index is 10.6. The highest BCUT2D eigenvalue weighted by Crippen LogP contribution is 2.25. The summed E-state index contributed by atoms with van der Waals surface area (Å²) in [7, 11) is 0. The van der Waals surface area contributed by atoms with Gasteiger partial charge in [0, 0.05) is 38.1 Å². The van der Waals surface area contributed by atoms with E-state index in [9.17, 15) is 26.3 Å². The van der Waals surface area contributed by atoms with Crippen molar-refractivity contribution >= 4 is 23.3 Å². The van der Waals surface area contributed by atoms with Crippen molar-refractivity contribution in [3.8, 4) is 0 Å². The Labute approximate surface area is 229 Å². The fourth-order valence-electron chi connectivity index (χ4n) is 3.86. The van der Waals surface area contributed by atoms with Crippen molar-refractivity contribution in [1.82, 2.24) is 14.8 Å². The second-order valence-electron chi connectivity index (χ2n) is 8.98. The van der Waals surface area contributed by atoms with Crippen molar-refractivity contribution in [3.63, 3.8) is 0 Å². The molecule has 10 nitrogen and oxygen atoms in total. The van der Waals surface area contributed by atoms with E-state index in [4.69, 9.17) is 33.7 Å². The van der Waals surface area contributed by atoms with Crippen LogP contribution >= 0.6 is 11.3 Å². The fraction of sp³-hybridized carbons (Fsp3) is 0.609. The zero-order valence-electron chi connectivity index (χ0n) is 21.5. The number of thiazole rings is 1. The normalized spacial score (nSPS) is 20.6. The summed E-state index contributed by atoms with van der Waals surface area (Å²) in [5.41, 5.74) is 0.866. The molecule has 2 N–H and O–H groups in total. The number of alkyl halides is 6. The molecule has 4 rings (SSSR count). The van der Waals surface area contributed by atoms with Crippen molar-refractivity contribution < 1.29 is 60.0 Å². The molecule has 2 fully saturated rings. The van der Waals surface area contributed by atoms with Crippen LogP contribution in [0.5, 0.6) is 0 Å². The summed E-state index contributed by atoms with van der Waals surface area (Å²) in [6.45, 7) is 11.4. The molecule has 2 aliphatic heterocycles. The van der Waals surface area contributed by atoms with Crippen LogP contribution in [0.15, 0.2) is 21.9 Å². The van der Waals surface area contributed by atoms with E-state index in [2.05, 4.69) is 33.2 Å². The molecule has 0 amide bonds. The Balaban J connectivity index is 0.000000333.